The molecular weight excluding hydrogens is 350 g/mol. The van der Waals surface area contributed by atoms with Crippen molar-refractivity contribution in [1.82, 2.24) is 15.5 Å². The standard InChI is InChI=1S/C15H19F4N3O.ClH/c1-10-7-20-4-5-22(10)9-14(23)21-8-11-2-3-12(16)6-13(11)15(17,18)19;/h2-3,6,10,20H,4-5,7-9H2,1H3,(H,21,23);1H/t10-;/m1./s1. The molecule has 4 nitrogen and oxygen atoms in total. The van der Waals surface area contributed by atoms with Crippen molar-refractivity contribution in [2.45, 2.75) is 25.7 Å². The lowest BCUT2D eigenvalue weighted by Gasteiger charge is -2.33. The molecule has 9 heteroatoms. The second-order valence-corrected chi connectivity index (χ2v) is 5.60. The van der Waals surface area contributed by atoms with E-state index in [2.05, 4.69) is 10.6 Å². The van der Waals surface area contributed by atoms with E-state index in [1.807, 2.05) is 11.8 Å². The summed E-state index contributed by atoms with van der Waals surface area (Å²) in [6, 6.07) is 2.63. The highest BCUT2D eigenvalue weighted by atomic mass is 35.5. The molecule has 24 heavy (non-hydrogen) atoms. The highest BCUT2D eigenvalue weighted by molar-refractivity contribution is 5.85. The lowest BCUT2D eigenvalue weighted by atomic mass is 10.1. The largest absolute Gasteiger partial charge is 0.416 e. The highest BCUT2D eigenvalue weighted by Crippen LogP contribution is 2.32. The van der Waals surface area contributed by atoms with Crippen LogP contribution in [0.5, 0.6) is 0 Å². The van der Waals surface area contributed by atoms with Crippen LogP contribution in [0.2, 0.25) is 0 Å². The van der Waals surface area contributed by atoms with Gasteiger partial charge in [0.05, 0.1) is 12.1 Å². The molecule has 1 fully saturated rings. The summed E-state index contributed by atoms with van der Waals surface area (Å²) in [6.07, 6.45) is -4.66. The smallest absolute Gasteiger partial charge is 0.351 e. The fraction of sp³-hybridized carbons (Fsp3) is 0.533. The topological polar surface area (TPSA) is 44.4 Å². The van der Waals surface area contributed by atoms with Gasteiger partial charge in [-0.3, -0.25) is 9.69 Å². The van der Waals surface area contributed by atoms with Gasteiger partial charge < -0.3 is 10.6 Å². The van der Waals surface area contributed by atoms with Gasteiger partial charge in [0, 0.05) is 32.2 Å². The van der Waals surface area contributed by atoms with E-state index in [1.165, 1.54) is 0 Å². The van der Waals surface area contributed by atoms with Gasteiger partial charge in [-0.1, -0.05) is 6.07 Å². The first kappa shape index (κ1) is 20.7. The van der Waals surface area contributed by atoms with Crippen molar-refractivity contribution in [2.75, 3.05) is 26.2 Å². The quantitative estimate of drug-likeness (QED) is 0.800. The third kappa shape index (κ3) is 5.61. The van der Waals surface area contributed by atoms with Gasteiger partial charge in [0.2, 0.25) is 5.91 Å². The van der Waals surface area contributed by atoms with E-state index >= 15 is 0 Å². The number of hydrogen-bond acceptors (Lipinski definition) is 3. The molecule has 1 saturated heterocycles. The van der Waals surface area contributed by atoms with Crippen LogP contribution in [0.3, 0.4) is 0 Å². The molecule has 1 aromatic rings. The second-order valence-electron chi connectivity index (χ2n) is 5.60. The van der Waals surface area contributed by atoms with Crippen molar-refractivity contribution >= 4 is 18.3 Å². The Hall–Kier alpha value is -1.38. The van der Waals surface area contributed by atoms with Gasteiger partial charge in [-0.25, -0.2) is 4.39 Å². The Morgan fingerprint density at radius 2 is 2.12 bits per heavy atom. The molecule has 2 rings (SSSR count). The molecule has 1 aliphatic rings. The lowest BCUT2D eigenvalue weighted by Crippen LogP contribution is -2.52. The first-order chi connectivity index (χ1) is 10.8. The Labute approximate surface area is 144 Å². The molecule has 1 aliphatic heterocycles. The number of alkyl halides is 3. The number of carbonyl (C=O) groups is 1. The van der Waals surface area contributed by atoms with Gasteiger partial charge in [-0.15, -0.1) is 12.4 Å². The number of halogens is 5. The number of nitrogens with one attached hydrogen (secondary N) is 2. The third-order valence-corrected chi connectivity index (χ3v) is 3.84. The second kappa shape index (κ2) is 8.64. The minimum absolute atomic E-state index is 0. The molecule has 0 aliphatic carbocycles. The predicted octanol–water partition coefficient (Wildman–Crippen LogP) is 2.18. The fourth-order valence-electron chi connectivity index (χ4n) is 2.52. The number of carbonyl (C=O) groups excluding carboxylic acids is 1. The van der Waals surface area contributed by atoms with Gasteiger partial charge >= 0.3 is 6.18 Å². The number of rotatable bonds is 4. The van der Waals surface area contributed by atoms with E-state index in [0.29, 0.717) is 12.6 Å². The molecule has 1 atom stereocenters. The van der Waals surface area contributed by atoms with Crippen LogP contribution in [0.25, 0.3) is 0 Å². The maximum atomic E-state index is 13.0. The molecule has 1 heterocycles. The zero-order valence-electron chi connectivity index (χ0n) is 13.1. The molecule has 136 valence electrons. The van der Waals surface area contributed by atoms with E-state index in [1.54, 1.807) is 0 Å². The van der Waals surface area contributed by atoms with Crippen LogP contribution < -0.4 is 10.6 Å². The third-order valence-electron chi connectivity index (χ3n) is 3.84. The normalized spacial score (nSPS) is 18.8. The van der Waals surface area contributed by atoms with Crippen molar-refractivity contribution in [3.63, 3.8) is 0 Å². The number of hydrogen-bond donors (Lipinski definition) is 2. The molecule has 1 aromatic carbocycles. The molecule has 0 spiro atoms. The summed E-state index contributed by atoms with van der Waals surface area (Å²) in [5.74, 6) is -1.31. The van der Waals surface area contributed by atoms with E-state index in [-0.39, 0.29) is 43.0 Å². The van der Waals surface area contributed by atoms with Gasteiger partial charge in [0.25, 0.3) is 0 Å². The number of benzene rings is 1. The monoisotopic (exact) mass is 369 g/mol. The van der Waals surface area contributed by atoms with Gasteiger partial charge in [-0.05, 0) is 24.6 Å². The first-order valence-electron chi connectivity index (χ1n) is 7.34. The Balaban J connectivity index is 0.00000288. The van der Waals surface area contributed by atoms with E-state index in [0.717, 1.165) is 25.2 Å². The SMILES string of the molecule is C[C@@H]1CNCCN1CC(=O)NCc1ccc(F)cc1C(F)(F)F.Cl. The maximum Gasteiger partial charge on any atom is 0.416 e. The zero-order chi connectivity index (χ0) is 17.0. The summed E-state index contributed by atoms with van der Waals surface area (Å²) < 4.78 is 51.7. The zero-order valence-corrected chi connectivity index (χ0v) is 13.9. The Morgan fingerprint density at radius 1 is 1.42 bits per heavy atom. The fourth-order valence-corrected chi connectivity index (χ4v) is 2.52. The van der Waals surface area contributed by atoms with Gasteiger partial charge in [0.1, 0.15) is 5.82 Å². The lowest BCUT2D eigenvalue weighted by molar-refractivity contribution is -0.138. The van der Waals surface area contributed by atoms with Crippen LogP contribution in [0, 0.1) is 5.82 Å². The van der Waals surface area contributed by atoms with Crippen LogP contribution in [0.15, 0.2) is 18.2 Å². The van der Waals surface area contributed by atoms with E-state index in [9.17, 15) is 22.4 Å². The Bertz CT molecular complexity index is 568. The summed E-state index contributed by atoms with van der Waals surface area (Å²) in [5, 5.41) is 5.67. The molecule has 0 saturated carbocycles. The molecule has 0 aromatic heterocycles. The predicted molar refractivity (Wildman–Crippen MR) is 84.4 cm³/mol. The van der Waals surface area contributed by atoms with Crippen LogP contribution in [0.1, 0.15) is 18.1 Å². The average Bonchev–Trinajstić information content (AvgIpc) is 2.47. The maximum absolute atomic E-state index is 13.0. The Morgan fingerprint density at radius 3 is 2.75 bits per heavy atom. The summed E-state index contributed by atoms with van der Waals surface area (Å²) in [4.78, 5) is 13.9. The van der Waals surface area contributed by atoms with Crippen molar-refractivity contribution in [3.05, 3.63) is 35.1 Å². The van der Waals surface area contributed by atoms with E-state index in [4.69, 9.17) is 0 Å². The number of nitrogens with zero attached hydrogens (tertiary/aromatic N) is 1. The minimum atomic E-state index is -4.66. The van der Waals surface area contributed by atoms with Crippen molar-refractivity contribution in [3.8, 4) is 0 Å². The molecule has 0 bridgehead atoms. The summed E-state index contributed by atoms with van der Waals surface area (Å²) in [7, 11) is 0. The number of piperazine rings is 1. The highest BCUT2D eigenvalue weighted by Gasteiger charge is 2.33. The van der Waals surface area contributed by atoms with Gasteiger partial charge in [0.15, 0.2) is 0 Å². The van der Waals surface area contributed by atoms with Crippen LogP contribution >= 0.6 is 12.4 Å². The molecular formula is C15H20ClF4N3O. The molecule has 1 amide bonds. The first-order valence-corrected chi connectivity index (χ1v) is 7.34. The summed E-state index contributed by atoms with van der Waals surface area (Å²) >= 11 is 0. The molecule has 0 radical (unpaired) electrons. The van der Waals surface area contributed by atoms with Crippen molar-refractivity contribution in [1.29, 1.82) is 0 Å². The Kier molecular flexibility index (Phi) is 7.44. The van der Waals surface area contributed by atoms with Crippen molar-refractivity contribution < 1.29 is 22.4 Å². The number of amides is 1. The minimum Gasteiger partial charge on any atom is -0.351 e. The van der Waals surface area contributed by atoms with Crippen LogP contribution in [0.4, 0.5) is 17.6 Å². The average molecular weight is 370 g/mol. The summed E-state index contributed by atoms with van der Waals surface area (Å²) in [5.41, 5.74) is -1.21. The molecule has 2 N–H and O–H groups in total. The molecule has 0 unspecified atom stereocenters. The van der Waals surface area contributed by atoms with Crippen LogP contribution in [-0.4, -0.2) is 43.0 Å². The van der Waals surface area contributed by atoms with Crippen LogP contribution in [-0.2, 0) is 17.5 Å². The van der Waals surface area contributed by atoms with E-state index < -0.39 is 17.6 Å². The summed E-state index contributed by atoms with van der Waals surface area (Å²) in [6.45, 7) is 4.07. The van der Waals surface area contributed by atoms with Crippen molar-refractivity contribution in [2.24, 2.45) is 0 Å². The van der Waals surface area contributed by atoms with Gasteiger partial charge in [-0.2, -0.15) is 13.2 Å².